The van der Waals surface area contributed by atoms with Crippen molar-refractivity contribution >= 4 is 45.0 Å². The molecule has 0 aliphatic carbocycles. The Labute approximate surface area is 187 Å². The first-order valence-electron chi connectivity index (χ1n) is 11.3. The highest BCUT2D eigenvalue weighted by Gasteiger charge is 2.46. The molecule has 2 aliphatic rings. The fourth-order valence-electron chi connectivity index (χ4n) is 6.30. The van der Waals surface area contributed by atoms with Crippen molar-refractivity contribution in [2.75, 3.05) is 0 Å². The lowest BCUT2D eigenvalue weighted by molar-refractivity contribution is 0.484. The van der Waals surface area contributed by atoms with Crippen LogP contribution in [0, 0.1) is 13.8 Å². The number of benzene rings is 4. The molecule has 2 aliphatic heterocycles. The monoisotopic (exact) mass is 414 g/mol. The molecular weight excluding hydrogens is 391 g/mol. The first kappa shape index (κ1) is 18.1. The molecule has 0 spiro atoms. The van der Waals surface area contributed by atoms with E-state index in [4.69, 9.17) is 9.15 Å². The van der Waals surface area contributed by atoms with Gasteiger partial charge in [0.15, 0.2) is 0 Å². The molecule has 3 heterocycles. The summed E-state index contributed by atoms with van der Waals surface area (Å²) in [5, 5.41) is 2.43. The van der Waals surface area contributed by atoms with Gasteiger partial charge in [0.25, 0.3) is 6.71 Å². The third-order valence-corrected chi connectivity index (χ3v) is 7.57. The van der Waals surface area contributed by atoms with Gasteiger partial charge >= 0.3 is 0 Å². The van der Waals surface area contributed by atoms with Crippen LogP contribution in [-0.4, -0.2) is 6.71 Å². The van der Waals surface area contributed by atoms with E-state index in [1.165, 1.54) is 49.4 Å². The zero-order valence-corrected chi connectivity index (χ0v) is 18.7. The quantitative estimate of drug-likeness (QED) is 0.308. The van der Waals surface area contributed by atoms with E-state index >= 15 is 0 Å². The number of hydrogen-bond donors (Lipinski definition) is 0. The van der Waals surface area contributed by atoms with Crippen LogP contribution >= 0.6 is 0 Å². The second-order valence-corrected chi connectivity index (χ2v) is 9.87. The zero-order valence-electron chi connectivity index (χ0n) is 18.7. The minimum atomic E-state index is -0.140. The summed E-state index contributed by atoms with van der Waals surface area (Å²) in [7, 11) is 0. The Morgan fingerprint density at radius 1 is 0.781 bits per heavy atom. The smallest absolute Gasteiger partial charge is 0.252 e. The van der Waals surface area contributed by atoms with Crippen molar-refractivity contribution in [1.29, 1.82) is 0 Å². The van der Waals surface area contributed by atoms with Crippen molar-refractivity contribution in [2.24, 2.45) is 0 Å². The Kier molecular flexibility index (Phi) is 3.32. The Morgan fingerprint density at radius 2 is 1.59 bits per heavy atom. The fraction of sp³-hybridized carbons (Fsp3) is 0.172. The molecule has 0 fully saturated rings. The van der Waals surface area contributed by atoms with E-state index in [1.54, 1.807) is 0 Å². The number of furan rings is 1. The van der Waals surface area contributed by atoms with Gasteiger partial charge in [0.2, 0.25) is 0 Å². The second-order valence-electron chi connectivity index (χ2n) is 9.87. The summed E-state index contributed by atoms with van der Waals surface area (Å²) in [5.41, 5.74) is 11.0. The van der Waals surface area contributed by atoms with Gasteiger partial charge in [-0.2, -0.15) is 0 Å². The number of fused-ring (bicyclic) bond motifs is 8. The highest BCUT2D eigenvalue weighted by molar-refractivity contribution is 6.99. The topological polar surface area (TPSA) is 22.4 Å². The summed E-state index contributed by atoms with van der Waals surface area (Å²) in [6.07, 6.45) is 0. The van der Waals surface area contributed by atoms with E-state index in [0.717, 1.165) is 22.7 Å². The van der Waals surface area contributed by atoms with Crippen molar-refractivity contribution < 1.29 is 9.15 Å². The van der Waals surface area contributed by atoms with Gasteiger partial charge in [-0.05, 0) is 65.7 Å². The number of ether oxygens (including phenoxy) is 1. The maximum Gasteiger partial charge on any atom is 0.252 e. The molecule has 0 bridgehead atoms. The molecule has 0 saturated heterocycles. The molecule has 154 valence electrons. The van der Waals surface area contributed by atoms with Crippen LogP contribution in [0.1, 0.15) is 36.1 Å². The Bertz CT molecular complexity index is 1610. The first-order chi connectivity index (χ1) is 15.4. The lowest BCUT2D eigenvalue weighted by Gasteiger charge is -2.42. The summed E-state index contributed by atoms with van der Waals surface area (Å²) >= 11 is 0. The van der Waals surface area contributed by atoms with Gasteiger partial charge in [0, 0.05) is 16.2 Å². The molecule has 0 saturated carbocycles. The largest absolute Gasteiger partial charge is 0.458 e. The summed E-state index contributed by atoms with van der Waals surface area (Å²) in [6, 6.07) is 23.8. The van der Waals surface area contributed by atoms with E-state index in [9.17, 15) is 0 Å². The maximum atomic E-state index is 6.50. The Balaban J connectivity index is 1.72. The minimum absolute atomic E-state index is 0.122. The van der Waals surface area contributed by atoms with Gasteiger partial charge in [-0.15, -0.1) is 0 Å². The van der Waals surface area contributed by atoms with Crippen molar-refractivity contribution in [2.45, 2.75) is 33.1 Å². The average molecular weight is 414 g/mol. The van der Waals surface area contributed by atoms with E-state index < -0.39 is 0 Å². The standard InChI is InChI=1S/C29H23BO2/c1-16-9-12-22-20(15-16)30-27-19(11-14-23-25(27)18-7-5-6-8-21(18)31-23)29(3,4)26-17(2)10-13-24(32-22)28(26)30/h5-15H,1-4H3. The van der Waals surface area contributed by atoms with Crippen LogP contribution < -0.4 is 21.1 Å². The van der Waals surface area contributed by atoms with E-state index in [-0.39, 0.29) is 12.1 Å². The van der Waals surface area contributed by atoms with E-state index in [0.29, 0.717) is 0 Å². The summed E-state index contributed by atoms with van der Waals surface area (Å²) in [6.45, 7) is 9.22. The molecular formula is C29H23BO2. The van der Waals surface area contributed by atoms with Gasteiger partial charge in [-0.3, -0.25) is 0 Å². The van der Waals surface area contributed by atoms with Crippen LogP contribution in [0.3, 0.4) is 0 Å². The molecule has 4 aromatic carbocycles. The second kappa shape index (κ2) is 5.86. The fourth-order valence-corrected chi connectivity index (χ4v) is 6.30. The number of rotatable bonds is 0. The molecule has 3 heteroatoms. The lowest BCUT2D eigenvalue weighted by Crippen LogP contribution is -2.63. The first-order valence-corrected chi connectivity index (χ1v) is 11.3. The molecule has 7 rings (SSSR count). The molecule has 0 radical (unpaired) electrons. The van der Waals surface area contributed by atoms with Crippen LogP contribution in [-0.2, 0) is 5.41 Å². The van der Waals surface area contributed by atoms with Crippen LogP contribution in [0.15, 0.2) is 71.1 Å². The summed E-state index contributed by atoms with van der Waals surface area (Å²) in [5.74, 6) is 1.94. The van der Waals surface area contributed by atoms with Gasteiger partial charge in [-0.1, -0.05) is 67.3 Å². The Hall–Kier alpha value is -3.46. The van der Waals surface area contributed by atoms with Gasteiger partial charge in [0.1, 0.15) is 22.7 Å². The van der Waals surface area contributed by atoms with Crippen LogP contribution in [0.2, 0.25) is 0 Å². The molecule has 1 aromatic heterocycles. The predicted molar refractivity (Wildman–Crippen MR) is 133 cm³/mol. The van der Waals surface area contributed by atoms with Gasteiger partial charge in [-0.25, -0.2) is 0 Å². The van der Waals surface area contributed by atoms with Gasteiger partial charge in [0.05, 0.1) is 0 Å². The van der Waals surface area contributed by atoms with E-state index in [2.05, 4.69) is 88.4 Å². The maximum absolute atomic E-state index is 6.50. The van der Waals surface area contributed by atoms with Crippen molar-refractivity contribution in [3.63, 3.8) is 0 Å². The van der Waals surface area contributed by atoms with Crippen LogP contribution in [0.5, 0.6) is 11.5 Å². The Morgan fingerprint density at radius 3 is 2.47 bits per heavy atom. The van der Waals surface area contributed by atoms with Crippen LogP contribution in [0.25, 0.3) is 21.9 Å². The highest BCUT2D eigenvalue weighted by atomic mass is 16.5. The SMILES string of the molecule is Cc1ccc2c(c1)B1c3c(ccc(C)c3C(C)(C)c3ccc4oc5ccccc5c4c31)O2. The number of para-hydroxylation sites is 1. The summed E-state index contributed by atoms with van der Waals surface area (Å²) in [4.78, 5) is 0. The summed E-state index contributed by atoms with van der Waals surface area (Å²) < 4.78 is 12.8. The zero-order chi connectivity index (χ0) is 21.8. The minimum Gasteiger partial charge on any atom is -0.458 e. The molecule has 0 amide bonds. The normalized spacial score (nSPS) is 15.3. The number of hydrogen-bond acceptors (Lipinski definition) is 2. The molecule has 0 N–H and O–H groups in total. The third-order valence-electron chi connectivity index (χ3n) is 7.57. The highest BCUT2D eigenvalue weighted by Crippen LogP contribution is 2.42. The van der Waals surface area contributed by atoms with Crippen molar-refractivity contribution in [1.82, 2.24) is 0 Å². The van der Waals surface area contributed by atoms with Crippen molar-refractivity contribution in [3.05, 3.63) is 89.0 Å². The van der Waals surface area contributed by atoms with Crippen LogP contribution in [0.4, 0.5) is 0 Å². The molecule has 2 nitrogen and oxygen atoms in total. The average Bonchev–Trinajstić information content (AvgIpc) is 3.16. The molecule has 0 atom stereocenters. The molecule has 0 unspecified atom stereocenters. The van der Waals surface area contributed by atoms with Crippen molar-refractivity contribution in [3.8, 4) is 11.5 Å². The van der Waals surface area contributed by atoms with Gasteiger partial charge < -0.3 is 9.15 Å². The number of aryl methyl sites for hydroxylation is 2. The van der Waals surface area contributed by atoms with E-state index in [1.807, 2.05) is 6.07 Å². The predicted octanol–water partition coefficient (Wildman–Crippen LogP) is 5.46. The molecule has 5 aromatic rings. The molecule has 32 heavy (non-hydrogen) atoms. The lowest BCUT2D eigenvalue weighted by atomic mass is 9.30. The third kappa shape index (κ3) is 2.11.